The van der Waals surface area contributed by atoms with Crippen LogP contribution in [-0.4, -0.2) is 74.7 Å². The number of rotatable bonds is 5. The van der Waals surface area contributed by atoms with Gasteiger partial charge in [-0.2, -0.15) is 0 Å². The van der Waals surface area contributed by atoms with Crippen molar-refractivity contribution in [3.05, 3.63) is 18.2 Å². The summed E-state index contributed by atoms with van der Waals surface area (Å²) in [6.07, 6.45) is 2.46. The van der Waals surface area contributed by atoms with Crippen LogP contribution in [0.5, 0.6) is 0 Å². The van der Waals surface area contributed by atoms with Crippen molar-refractivity contribution >= 4 is 5.91 Å². The van der Waals surface area contributed by atoms with Gasteiger partial charge < -0.3 is 42.5 Å². The van der Waals surface area contributed by atoms with Crippen LogP contribution < -0.4 is 22.5 Å². The fourth-order valence-corrected chi connectivity index (χ4v) is 3.89. The Balaban J connectivity index is 1.52. The minimum Gasteiger partial charge on any atom is -0.389 e. The summed E-state index contributed by atoms with van der Waals surface area (Å²) in [4.78, 5) is 19.0. The number of nitrogens with two attached hydrogens (primary N) is 3. The van der Waals surface area contributed by atoms with E-state index in [9.17, 15) is 15.0 Å². The Morgan fingerprint density at radius 1 is 1.50 bits per heavy atom. The van der Waals surface area contributed by atoms with E-state index in [2.05, 4.69) is 15.3 Å². The van der Waals surface area contributed by atoms with E-state index in [0.29, 0.717) is 25.7 Å². The molecule has 1 saturated heterocycles. The first-order valence-electron chi connectivity index (χ1n) is 8.89. The van der Waals surface area contributed by atoms with Gasteiger partial charge in [-0.1, -0.05) is 0 Å². The number of ether oxygens (including phenoxy) is 1. The highest BCUT2D eigenvalue weighted by atomic mass is 16.5. The lowest BCUT2D eigenvalue weighted by atomic mass is 9.73. The minimum absolute atomic E-state index is 0.263. The fourth-order valence-electron chi connectivity index (χ4n) is 3.89. The van der Waals surface area contributed by atoms with Gasteiger partial charge in [0.1, 0.15) is 11.7 Å². The molecule has 1 aliphatic heterocycles. The van der Waals surface area contributed by atoms with E-state index in [1.165, 1.54) is 6.33 Å². The molecule has 26 heavy (non-hydrogen) atoms. The highest BCUT2D eigenvalue weighted by Gasteiger charge is 2.56. The smallest absolute Gasteiger partial charge is 0.237 e. The van der Waals surface area contributed by atoms with Crippen LogP contribution in [0.2, 0.25) is 0 Å². The van der Waals surface area contributed by atoms with Gasteiger partial charge in [-0.25, -0.2) is 4.98 Å². The lowest BCUT2D eigenvalue weighted by molar-refractivity contribution is -0.185. The number of aromatic amines is 1. The van der Waals surface area contributed by atoms with Gasteiger partial charge in [-0.3, -0.25) is 4.79 Å². The van der Waals surface area contributed by atoms with Crippen molar-refractivity contribution in [3.8, 4) is 0 Å². The number of carbonyl (C=O) groups excluding carboxylic acids is 1. The molecule has 1 aliphatic carbocycles. The third kappa shape index (κ3) is 3.61. The zero-order valence-corrected chi connectivity index (χ0v) is 14.5. The molecule has 0 bridgehead atoms. The number of aromatic nitrogens is 2. The van der Waals surface area contributed by atoms with E-state index in [4.69, 9.17) is 21.9 Å². The van der Waals surface area contributed by atoms with E-state index in [1.54, 1.807) is 6.20 Å². The molecule has 10 nitrogen and oxygen atoms in total. The average Bonchev–Trinajstić information content (AvgIpc) is 3.27. The summed E-state index contributed by atoms with van der Waals surface area (Å²) in [6, 6.07) is -1.75. The number of hydrogen-bond donors (Lipinski definition) is 7. The molecule has 0 aromatic carbocycles. The lowest BCUT2D eigenvalue weighted by Crippen LogP contribution is -2.68. The van der Waals surface area contributed by atoms with Gasteiger partial charge in [-0.15, -0.1) is 0 Å². The molecule has 0 unspecified atom stereocenters. The van der Waals surface area contributed by atoms with Crippen molar-refractivity contribution in [3.63, 3.8) is 0 Å². The maximum absolute atomic E-state index is 12.2. The number of nitrogens with zero attached hydrogens (tertiary/aromatic N) is 1. The Hall–Kier alpha value is -1.56. The van der Waals surface area contributed by atoms with Gasteiger partial charge in [0.2, 0.25) is 5.91 Å². The first-order chi connectivity index (χ1) is 12.3. The molecule has 1 aromatic rings. The highest BCUT2D eigenvalue weighted by molar-refractivity contribution is 5.81. The zero-order chi connectivity index (χ0) is 18.9. The number of imidazole rings is 1. The Kier molecular flexibility index (Phi) is 5.61. The van der Waals surface area contributed by atoms with Gasteiger partial charge in [0.25, 0.3) is 0 Å². The molecule has 146 valence electrons. The largest absolute Gasteiger partial charge is 0.389 e. The van der Waals surface area contributed by atoms with E-state index >= 15 is 0 Å². The predicted molar refractivity (Wildman–Crippen MR) is 92.7 cm³/mol. The van der Waals surface area contributed by atoms with Crippen LogP contribution in [0.4, 0.5) is 0 Å². The quantitative estimate of drug-likeness (QED) is 0.288. The molecule has 2 fully saturated rings. The number of amides is 1. The number of aliphatic hydroxyl groups is 2. The van der Waals surface area contributed by atoms with Crippen LogP contribution in [0, 0.1) is 0 Å². The summed E-state index contributed by atoms with van der Waals surface area (Å²) >= 11 is 0. The van der Waals surface area contributed by atoms with Crippen molar-refractivity contribution in [2.75, 3.05) is 6.54 Å². The van der Waals surface area contributed by atoms with Gasteiger partial charge in [-0.05, 0) is 19.3 Å². The molecule has 1 spiro atoms. The maximum atomic E-state index is 12.2. The van der Waals surface area contributed by atoms with Crippen molar-refractivity contribution in [2.45, 2.75) is 67.7 Å². The second-order valence-corrected chi connectivity index (χ2v) is 7.31. The summed E-state index contributed by atoms with van der Waals surface area (Å²) in [6.45, 7) is 0.263. The molecular formula is C16H28N6O4. The topological polar surface area (TPSA) is 186 Å². The monoisotopic (exact) mass is 368 g/mol. The number of hydrogen-bond acceptors (Lipinski definition) is 8. The van der Waals surface area contributed by atoms with E-state index < -0.39 is 35.9 Å². The van der Waals surface area contributed by atoms with Gasteiger partial charge in [0.15, 0.2) is 0 Å². The SMILES string of the molecule is N[C@@H]1C[C@H](N)[C@@]2(CC[C@@H](CNC(=O)[C@@H](N)Cc3cnc[nH]3)O2)[C@H](O)[C@H]1O. The van der Waals surface area contributed by atoms with Crippen LogP contribution >= 0.6 is 0 Å². The molecule has 10 heteroatoms. The second-order valence-electron chi connectivity index (χ2n) is 7.31. The summed E-state index contributed by atoms with van der Waals surface area (Å²) in [5, 5.41) is 23.3. The Labute approximate surface area is 151 Å². The molecule has 0 radical (unpaired) electrons. The fraction of sp³-hybridized carbons (Fsp3) is 0.750. The number of aliphatic hydroxyl groups excluding tert-OH is 2. The third-order valence-electron chi connectivity index (χ3n) is 5.50. The van der Waals surface area contributed by atoms with Crippen LogP contribution in [0.1, 0.15) is 25.0 Å². The second kappa shape index (κ2) is 7.59. The van der Waals surface area contributed by atoms with Crippen molar-refractivity contribution < 1.29 is 19.7 Å². The van der Waals surface area contributed by atoms with Crippen molar-refractivity contribution in [1.82, 2.24) is 15.3 Å². The van der Waals surface area contributed by atoms with Gasteiger partial charge in [0.05, 0.1) is 24.6 Å². The number of carbonyl (C=O) groups is 1. The molecule has 10 N–H and O–H groups in total. The first kappa shape index (κ1) is 19.2. The predicted octanol–water partition coefficient (Wildman–Crippen LogP) is -2.91. The van der Waals surface area contributed by atoms with Gasteiger partial charge in [0, 0.05) is 36.9 Å². The average molecular weight is 368 g/mol. The standard InChI is InChI=1S/C16H28N6O4/c17-10-4-12(19)16(14(24)13(10)23)2-1-9(26-16)6-21-15(25)11(18)3-8-5-20-7-22-8/h5,7,9-14,23-24H,1-4,6,17-19H2,(H,20,22)(H,21,25)/t9-,10+,11-,12-,13-,14+,16-/m0/s1. The van der Waals surface area contributed by atoms with E-state index in [0.717, 1.165) is 5.69 Å². The van der Waals surface area contributed by atoms with E-state index in [-0.39, 0.29) is 18.6 Å². The number of nitrogens with one attached hydrogen (secondary N) is 2. The normalized spacial score (nSPS) is 38.4. The van der Waals surface area contributed by atoms with Crippen LogP contribution in [0.25, 0.3) is 0 Å². The van der Waals surface area contributed by atoms with Crippen molar-refractivity contribution in [2.24, 2.45) is 17.2 Å². The molecule has 3 rings (SSSR count). The molecule has 2 heterocycles. The lowest BCUT2D eigenvalue weighted by Gasteiger charge is -2.47. The molecule has 1 aromatic heterocycles. The molecule has 1 saturated carbocycles. The molecule has 2 aliphatic rings. The highest BCUT2D eigenvalue weighted by Crippen LogP contribution is 2.41. The van der Waals surface area contributed by atoms with Crippen molar-refractivity contribution in [1.29, 1.82) is 0 Å². The zero-order valence-electron chi connectivity index (χ0n) is 14.5. The van der Waals surface area contributed by atoms with Crippen LogP contribution in [0.3, 0.4) is 0 Å². The maximum Gasteiger partial charge on any atom is 0.237 e. The summed E-state index contributed by atoms with van der Waals surface area (Å²) in [5.41, 5.74) is 17.6. The van der Waals surface area contributed by atoms with Crippen LogP contribution in [0.15, 0.2) is 12.5 Å². The first-order valence-corrected chi connectivity index (χ1v) is 8.89. The number of H-pyrrole nitrogens is 1. The van der Waals surface area contributed by atoms with E-state index in [1.807, 2.05) is 0 Å². The molecule has 1 amide bonds. The Morgan fingerprint density at radius 2 is 2.27 bits per heavy atom. The summed E-state index contributed by atoms with van der Waals surface area (Å²) in [5.74, 6) is -0.292. The summed E-state index contributed by atoms with van der Waals surface area (Å²) < 4.78 is 6.01. The Morgan fingerprint density at radius 3 is 2.96 bits per heavy atom. The minimum atomic E-state index is -1.15. The van der Waals surface area contributed by atoms with Crippen LogP contribution in [-0.2, 0) is 16.0 Å². The Bertz CT molecular complexity index is 614. The molecular weight excluding hydrogens is 340 g/mol. The third-order valence-corrected chi connectivity index (χ3v) is 5.50. The van der Waals surface area contributed by atoms with Gasteiger partial charge >= 0.3 is 0 Å². The molecule has 7 atom stereocenters. The summed E-state index contributed by atoms with van der Waals surface area (Å²) in [7, 11) is 0.